The molecule has 3 fully saturated rings. The van der Waals surface area contributed by atoms with Gasteiger partial charge in [0.1, 0.15) is 0 Å². The molecule has 0 atom stereocenters. The summed E-state index contributed by atoms with van der Waals surface area (Å²) in [6, 6.07) is 4.13. The van der Waals surface area contributed by atoms with Crippen molar-refractivity contribution in [2.45, 2.75) is 38.1 Å². The Bertz CT molecular complexity index is 658. The molecule has 1 spiro atoms. The zero-order chi connectivity index (χ0) is 17.4. The maximum Gasteiger partial charge on any atom is 0.253 e. The summed E-state index contributed by atoms with van der Waals surface area (Å²) < 4.78 is 5.37. The van der Waals surface area contributed by atoms with E-state index in [1.54, 1.807) is 0 Å². The van der Waals surface area contributed by atoms with E-state index >= 15 is 0 Å². The molecule has 1 aliphatic carbocycles. The highest BCUT2D eigenvalue weighted by molar-refractivity contribution is 6.02. The van der Waals surface area contributed by atoms with Gasteiger partial charge in [0.05, 0.1) is 41.3 Å². The summed E-state index contributed by atoms with van der Waals surface area (Å²) in [5.41, 5.74) is 9.60. The second kappa shape index (κ2) is 6.41. The molecule has 1 aromatic rings. The van der Waals surface area contributed by atoms with Crippen LogP contribution in [0.2, 0.25) is 0 Å². The van der Waals surface area contributed by atoms with Gasteiger partial charge in [-0.1, -0.05) is 19.3 Å². The van der Waals surface area contributed by atoms with Crippen molar-refractivity contribution in [3.05, 3.63) is 17.7 Å². The van der Waals surface area contributed by atoms with E-state index in [-0.39, 0.29) is 5.91 Å². The Labute approximate surface area is 149 Å². The van der Waals surface area contributed by atoms with Crippen molar-refractivity contribution in [2.75, 3.05) is 49.3 Å². The molecule has 2 saturated heterocycles. The molecule has 6 nitrogen and oxygen atoms in total. The van der Waals surface area contributed by atoms with Crippen LogP contribution in [-0.2, 0) is 4.74 Å². The molecule has 6 heteroatoms. The van der Waals surface area contributed by atoms with E-state index < -0.39 is 0 Å². The van der Waals surface area contributed by atoms with Crippen LogP contribution in [0.4, 0.5) is 17.1 Å². The van der Waals surface area contributed by atoms with E-state index in [4.69, 9.17) is 10.5 Å². The smallest absolute Gasteiger partial charge is 0.253 e. The zero-order valence-corrected chi connectivity index (χ0v) is 14.9. The third kappa shape index (κ3) is 3.03. The summed E-state index contributed by atoms with van der Waals surface area (Å²) in [5.74, 6) is 0.00191. The number of hydrogen-bond donors (Lipinski definition) is 3. The first kappa shape index (κ1) is 16.5. The van der Waals surface area contributed by atoms with Crippen LogP contribution in [0.1, 0.15) is 42.5 Å². The average molecular weight is 344 g/mol. The number of benzene rings is 1. The minimum atomic E-state index is 0.00191. The van der Waals surface area contributed by atoms with Crippen LogP contribution in [0.3, 0.4) is 0 Å². The van der Waals surface area contributed by atoms with Gasteiger partial charge < -0.3 is 26.0 Å². The van der Waals surface area contributed by atoms with Crippen LogP contribution in [0.5, 0.6) is 0 Å². The summed E-state index contributed by atoms with van der Waals surface area (Å²) in [5, 5.41) is 6.35. The van der Waals surface area contributed by atoms with Gasteiger partial charge in [-0.05, 0) is 25.0 Å². The third-order valence-corrected chi connectivity index (χ3v) is 5.83. The zero-order valence-electron chi connectivity index (χ0n) is 14.9. The van der Waals surface area contributed by atoms with Crippen LogP contribution in [0, 0.1) is 5.41 Å². The van der Waals surface area contributed by atoms with Crippen molar-refractivity contribution < 1.29 is 9.53 Å². The van der Waals surface area contributed by atoms with Crippen LogP contribution in [0.15, 0.2) is 12.1 Å². The van der Waals surface area contributed by atoms with Crippen molar-refractivity contribution in [2.24, 2.45) is 5.41 Å². The van der Waals surface area contributed by atoms with Crippen LogP contribution < -0.4 is 21.3 Å². The van der Waals surface area contributed by atoms with Gasteiger partial charge in [-0.15, -0.1) is 0 Å². The maximum atomic E-state index is 12.9. The number of rotatable bonds is 4. The Balaban J connectivity index is 1.56. The third-order valence-electron chi connectivity index (χ3n) is 5.83. The highest BCUT2D eigenvalue weighted by Gasteiger charge is 2.49. The number of amides is 1. The number of hydrogen-bond acceptors (Lipinski definition) is 5. The van der Waals surface area contributed by atoms with E-state index in [0.717, 1.165) is 50.5 Å². The minimum absolute atomic E-state index is 0.00191. The molecule has 4 N–H and O–H groups in total. The Morgan fingerprint density at radius 2 is 1.96 bits per heavy atom. The second-order valence-corrected chi connectivity index (χ2v) is 7.86. The second-order valence-electron chi connectivity index (χ2n) is 7.86. The number of carbonyl (C=O) groups is 1. The fourth-order valence-corrected chi connectivity index (χ4v) is 4.28. The van der Waals surface area contributed by atoms with Crippen molar-refractivity contribution >= 4 is 23.0 Å². The Morgan fingerprint density at radius 1 is 1.24 bits per heavy atom. The lowest BCUT2D eigenvalue weighted by Crippen LogP contribution is -2.66. The molecule has 1 amide bonds. The van der Waals surface area contributed by atoms with Gasteiger partial charge in [-0.25, -0.2) is 0 Å². The standard InChI is InChI=1S/C19H28N4O2/c1-21-16-8-17(23-9-19(10-23)11-25-12-19)14(7-15(16)20)18(24)22-13-5-3-2-4-6-13/h7-8,13,21H,2-6,9-12,20H2,1H3,(H,22,24). The van der Waals surface area contributed by atoms with E-state index in [0.29, 0.717) is 22.7 Å². The molecule has 0 aromatic heterocycles. The van der Waals surface area contributed by atoms with E-state index in [2.05, 4.69) is 15.5 Å². The molecule has 0 bridgehead atoms. The molecule has 0 unspecified atom stereocenters. The quantitative estimate of drug-likeness (QED) is 0.730. The molecule has 4 rings (SSSR count). The monoisotopic (exact) mass is 344 g/mol. The van der Waals surface area contributed by atoms with Crippen LogP contribution in [0.25, 0.3) is 0 Å². The first-order valence-corrected chi connectivity index (χ1v) is 9.35. The molecule has 1 aromatic carbocycles. The SMILES string of the molecule is CNc1cc(N2CC3(COC3)C2)c(C(=O)NC2CCCCC2)cc1N. The van der Waals surface area contributed by atoms with Gasteiger partial charge in [0.2, 0.25) is 0 Å². The number of anilines is 3. The van der Waals surface area contributed by atoms with Crippen LogP contribution >= 0.6 is 0 Å². The van der Waals surface area contributed by atoms with E-state index in [1.807, 2.05) is 19.2 Å². The summed E-state index contributed by atoms with van der Waals surface area (Å²) >= 11 is 0. The van der Waals surface area contributed by atoms with Gasteiger partial charge in [0, 0.05) is 26.2 Å². The number of nitrogens with two attached hydrogens (primary N) is 1. The lowest BCUT2D eigenvalue weighted by atomic mass is 9.77. The first-order valence-electron chi connectivity index (χ1n) is 9.35. The Hall–Kier alpha value is -1.95. The minimum Gasteiger partial charge on any atom is -0.397 e. The molecule has 136 valence electrons. The van der Waals surface area contributed by atoms with Crippen LogP contribution in [-0.4, -0.2) is 45.3 Å². The number of nitrogens with zero attached hydrogens (tertiary/aromatic N) is 1. The summed E-state index contributed by atoms with van der Waals surface area (Å²) in [6.45, 7) is 3.56. The van der Waals surface area contributed by atoms with E-state index in [1.165, 1.54) is 19.3 Å². The lowest BCUT2D eigenvalue weighted by molar-refractivity contribution is -0.127. The van der Waals surface area contributed by atoms with Gasteiger partial charge in [0.15, 0.2) is 0 Å². The summed E-state index contributed by atoms with van der Waals surface area (Å²) in [7, 11) is 1.86. The topological polar surface area (TPSA) is 79.6 Å². The van der Waals surface area contributed by atoms with Crippen molar-refractivity contribution in [3.63, 3.8) is 0 Å². The molecule has 2 aliphatic heterocycles. The van der Waals surface area contributed by atoms with Gasteiger partial charge in [-0.2, -0.15) is 0 Å². The van der Waals surface area contributed by atoms with Crippen molar-refractivity contribution in [1.29, 1.82) is 0 Å². The molecule has 3 aliphatic rings. The molecule has 25 heavy (non-hydrogen) atoms. The molecular weight excluding hydrogens is 316 g/mol. The van der Waals surface area contributed by atoms with Crippen molar-refractivity contribution in [1.82, 2.24) is 5.32 Å². The summed E-state index contributed by atoms with van der Waals surface area (Å²) in [6.07, 6.45) is 5.84. The number of nitrogen functional groups attached to an aromatic ring is 1. The first-order chi connectivity index (χ1) is 12.1. The Morgan fingerprint density at radius 3 is 2.56 bits per heavy atom. The maximum absolute atomic E-state index is 12.9. The lowest BCUT2D eigenvalue weighted by Gasteiger charge is -2.56. The number of carbonyl (C=O) groups excluding carboxylic acids is 1. The molecule has 1 saturated carbocycles. The van der Waals surface area contributed by atoms with Crippen molar-refractivity contribution in [3.8, 4) is 0 Å². The molecule has 2 heterocycles. The van der Waals surface area contributed by atoms with E-state index in [9.17, 15) is 4.79 Å². The number of nitrogens with one attached hydrogen (secondary N) is 2. The Kier molecular flexibility index (Phi) is 4.23. The molecule has 0 radical (unpaired) electrons. The fourth-order valence-electron chi connectivity index (χ4n) is 4.28. The number of ether oxygens (including phenoxy) is 1. The summed E-state index contributed by atoms with van der Waals surface area (Å²) in [4.78, 5) is 15.2. The molecular formula is C19H28N4O2. The largest absolute Gasteiger partial charge is 0.397 e. The highest BCUT2D eigenvalue weighted by Crippen LogP contribution is 2.42. The van der Waals surface area contributed by atoms with Gasteiger partial charge in [0.25, 0.3) is 5.91 Å². The normalized spacial score (nSPS) is 22.2. The predicted octanol–water partition coefficient (Wildman–Crippen LogP) is 2.21. The van der Waals surface area contributed by atoms with Gasteiger partial charge >= 0.3 is 0 Å². The average Bonchev–Trinajstić information content (AvgIpc) is 2.54. The van der Waals surface area contributed by atoms with Gasteiger partial charge in [-0.3, -0.25) is 4.79 Å². The highest BCUT2D eigenvalue weighted by atomic mass is 16.5. The fraction of sp³-hybridized carbons (Fsp3) is 0.632. The predicted molar refractivity (Wildman–Crippen MR) is 100 cm³/mol.